The summed E-state index contributed by atoms with van der Waals surface area (Å²) in [7, 11) is 0. The van der Waals surface area contributed by atoms with Gasteiger partial charge in [0.25, 0.3) is 11.8 Å². The molecular formula is C26H25BrClN3O3. The van der Waals surface area contributed by atoms with Crippen LogP contribution in [0.2, 0.25) is 5.02 Å². The largest absolute Gasteiger partial charge is 0.488 e. The fourth-order valence-electron chi connectivity index (χ4n) is 3.08. The van der Waals surface area contributed by atoms with Crippen LogP contribution in [0.5, 0.6) is 5.75 Å². The molecule has 0 fully saturated rings. The predicted octanol–water partition coefficient (Wildman–Crippen LogP) is 5.59. The van der Waals surface area contributed by atoms with Crippen molar-refractivity contribution in [3.05, 3.63) is 99.0 Å². The average molecular weight is 543 g/mol. The number of nitrogens with one attached hydrogen (secondary N) is 2. The molecule has 8 heteroatoms. The van der Waals surface area contributed by atoms with Gasteiger partial charge >= 0.3 is 0 Å². The molecule has 0 heterocycles. The highest BCUT2D eigenvalue weighted by atomic mass is 79.9. The van der Waals surface area contributed by atoms with Crippen LogP contribution >= 0.6 is 27.5 Å². The molecular weight excluding hydrogens is 518 g/mol. The summed E-state index contributed by atoms with van der Waals surface area (Å²) in [6, 6.07) is 21.1. The van der Waals surface area contributed by atoms with E-state index in [1.54, 1.807) is 24.3 Å². The number of benzene rings is 3. The van der Waals surface area contributed by atoms with Crippen molar-refractivity contribution >= 4 is 45.6 Å². The summed E-state index contributed by atoms with van der Waals surface area (Å²) in [6.07, 6.45) is 1.52. The Kier molecular flexibility index (Phi) is 9.24. The first kappa shape index (κ1) is 25.5. The van der Waals surface area contributed by atoms with Crippen LogP contribution in [-0.2, 0) is 11.4 Å². The maximum atomic E-state index is 12.7. The minimum atomic E-state index is -0.771. The van der Waals surface area contributed by atoms with Gasteiger partial charge in [-0.1, -0.05) is 71.7 Å². The smallest absolute Gasteiger partial charge is 0.262 e. The van der Waals surface area contributed by atoms with E-state index in [-0.39, 0.29) is 11.8 Å². The number of nitrogens with zero attached hydrogens (tertiary/aromatic N) is 1. The van der Waals surface area contributed by atoms with Crippen molar-refractivity contribution in [2.45, 2.75) is 26.5 Å². The Labute approximate surface area is 212 Å². The molecule has 0 aromatic heterocycles. The third-order valence-corrected chi connectivity index (χ3v) is 5.69. The van der Waals surface area contributed by atoms with Gasteiger partial charge in [-0.05, 0) is 53.9 Å². The van der Waals surface area contributed by atoms with Gasteiger partial charge in [-0.25, -0.2) is 5.43 Å². The minimum Gasteiger partial charge on any atom is -0.488 e. The van der Waals surface area contributed by atoms with Crippen molar-refractivity contribution in [3.8, 4) is 5.75 Å². The van der Waals surface area contributed by atoms with Crippen LogP contribution in [0.3, 0.4) is 0 Å². The molecule has 3 rings (SSSR count). The maximum Gasteiger partial charge on any atom is 0.262 e. The molecule has 0 radical (unpaired) electrons. The highest BCUT2D eigenvalue weighted by molar-refractivity contribution is 9.10. The molecule has 0 aliphatic carbocycles. The van der Waals surface area contributed by atoms with E-state index in [0.29, 0.717) is 28.5 Å². The van der Waals surface area contributed by atoms with Gasteiger partial charge in [0.05, 0.1) is 6.21 Å². The molecule has 0 bridgehead atoms. The molecule has 3 aromatic carbocycles. The highest BCUT2D eigenvalue weighted by Crippen LogP contribution is 2.19. The number of carbonyl (C=O) groups is 2. The zero-order valence-corrected chi connectivity index (χ0v) is 21.1. The number of hydrogen-bond acceptors (Lipinski definition) is 4. The van der Waals surface area contributed by atoms with Gasteiger partial charge in [0.2, 0.25) is 0 Å². The standard InChI is InChI=1S/C26H25BrClN3O3/c1-17(2)24(30-25(32)19-7-5-8-22(28)14-19)26(33)31-29-15-20-6-3-4-9-23(20)34-16-18-10-12-21(27)13-11-18/h3-15,17,24H,16H2,1-2H3,(H,30,32)(H,31,33). The third-order valence-electron chi connectivity index (χ3n) is 4.93. The first-order valence-corrected chi connectivity index (χ1v) is 11.9. The fraction of sp³-hybridized carbons (Fsp3) is 0.192. The second kappa shape index (κ2) is 12.3. The SMILES string of the molecule is CC(C)C(NC(=O)c1cccc(Cl)c1)C(=O)NN=Cc1ccccc1OCc1ccc(Br)cc1. The van der Waals surface area contributed by atoms with E-state index in [2.05, 4.69) is 31.8 Å². The van der Waals surface area contributed by atoms with Crippen molar-refractivity contribution in [1.82, 2.24) is 10.7 Å². The van der Waals surface area contributed by atoms with Gasteiger partial charge in [0, 0.05) is 20.6 Å². The Morgan fingerprint density at radius 2 is 1.79 bits per heavy atom. The quantitative estimate of drug-likeness (QED) is 0.273. The van der Waals surface area contributed by atoms with Crippen molar-refractivity contribution in [3.63, 3.8) is 0 Å². The number of para-hydroxylation sites is 1. The molecule has 0 aliphatic heterocycles. The number of rotatable bonds is 9. The molecule has 2 amide bonds. The van der Waals surface area contributed by atoms with E-state index < -0.39 is 11.9 Å². The summed E-state index contributed by atoms with van der Waals surface area (Å²) in [5.41, 5.74) is 4.64. The first-order chi connectivity index (χ1) is 16.3. The fourth-order valence-corrected chi connectivity index (χ4v) is 3.54. The van der Waals surface area contributed by atoms with Gasteiger partial charge in [-0.2, -0.15) is 5.10 Å². The van der Waals surface area contributed by atoms with E-state index in [4.69, 9.17) is 16.3 Å². The van der Waals surface area contributed by atoms with Gasteiger partial charge in [0.1, 0.15) is 18.4 Å². The lowest BCUT2D eigenvalue weighted by atomic mass is 10.0. The van der Waals surface area contributed by atoms with Crippen LogP contribution in [0.25, 0.3) is 0 Å². The number of carbonyl (C=O) groups excluding carboxylic acids is 2. The Bertz CT molecular complexity index is 1170. The summed E-state index contributed by atoms with van der Waals surface area (Å²) in [4.78, 5) is 25.3. The Balaban J connectivity index is 1.62. The Morgan fingerprint density at radius 1 is 1.06 bits per heavy atom. The zero-order valence-electron chi connectivity index (χ0n) is 18.8. The van der Waals surface area contributed by atoms with Crippen molar-refractivity contribution in [2.75, 3.05) is 0 Å². The van der Waals surface area contributed by atoms with Gasteiger partial charge in [-0.3, -0.25) is 9.59 Å². The number of halogens is 2. The lowest BCUT2D eigenvalue weighted by Gasteiger charge is -2.20. The van der Waals surface area contributed by atoms with Gasteiger partial charge in [0.15, 0.2) is 0 Å². The summed E-state index contributed by atoms with van der Waals surface area (Å²) in [5.74, 6) is -0.320. The second-order valence-electron chi connectivity index (χ2n) is 7.89. The molecule has 1 atom stereocenters. The number of hydrogen-bond donors (Lipinski definition) is 2. The van der Waals surface area contributed by atoms with Crippen LogP contribution < -0.4 is 15.5 Å². The van der Waals surface area contributed by atoms with Gasteiger partial charge < -0.3 is 10.1 Å². The monoisotopic (exact) mass is 541 g/mol. The molecule has 0 aliphatic rings. The topological polar surface area (TPSA) is 79.8 Å². The number of hydrazone groups is 1. The number of ether oxygens (including phenoxy) is 1. The van der Waals surface area contributed by atoms with Crippen LogP contribution in [0.4, 0.5) is 0 Å². The summed E-state index contributed by atoms with van der Waals surface area (Å²) >= 11 is 9.38. The van der Waals surface area contributed by atoms with E-state index in [0.717, 1.165) is 10.0 Å². The Morgan fingerprint density at radius 3 is 2.50 bits per heavy atom. The van der Waals surface area contributed by atoms with Crippen LogP contribution in [0.15, 0.2) is 82.4 Å². The maximum absolute atomic E-state index is 12.7. The van der Waals surface area contributed by atoms with E-state index >= 15 is 0 Å². The summed E-state index contributed by atoms with van der Waals surface area (Å²) in [5, 5.41) is 7.28. The molecule has 0 saturated carbocycles. The van der Waals surface area contributed by atoms with Crippen LogP contribution in [0.1, 0.15) is 35.3 Å². The molecule has 1 unspecified atom stereocenters. The lowest BCUT2D eigenvalue weighted by molar-refractivity contribution is -0.123. The molecule has 2 N–H and O–H groups in total. The molecule has 6 nitrogen and oxygen atoms in total. The molecule has 176 valence electrons. The van der Waals surface area contributed by atoms with E-state index in [1.165, 1.54) is 6.21 Å². The third kappa shape index (κ3) is 7.43. The van der Waals surface area contributed by atoms with Crippen molar-refractivity contribution in [2.24, 2.45) is 11.0 Å². The van der Waals surface area contributed by atoms with E-state index in [1.807, 2.05) is 62.4 Å². The molecule has 0 saturated heterocycles. The van der Waals surface area contributed by atoms with Gasteiger partial charge in [-0.15, -0.1) is 0 Å². The summed E-state index contributed by atoms with van der Waals surface area (Å²) < 4.78 is 6.93. The minimum absolute atomic E-state index is 0.153. The first-order valence-electron chi connectivity index (χ1n) is 10.7. The van der Waals surface area contributed by atoms with Crippen molar-refractivity contribution < 1.29 is 14.3 Å². The second-order valence-corrected chi connectivity index (χ2v) is 9.24. The van der Waals surface area contributed by atoms with Crippen molar-refractivity contribution in [1.29, 1.82) is 0 Å². The molecule has 3 aromatic rings. The number of amides is 2. The normalized spacial score (nSPS) is 11.9. The van der Waals surface area contributed by atoms with E-state index in [9.17, 15) is 9.59 Å². The average Bonchev–Trinajstić information content (AvgIpc) is 2.82. The van der Waals surface area contributed by atoms with Crippen LogP contribution in [0, 0.1) is 5.92 Å². The summed E-state index contributed by atoms with van der Waals surface area (Å²) in [6.45, 7) is 4.09. The molecule has 34 heavy (non-hydrogen) atoms. The molecule has 0 spiro atoms. The zero-order chi connectivity index (χ0) is 24.5. The van der Waals surface area contributed by atoms with Crippen LogP contribution in [-0.4, -0.2) is 24.1 Å². The highest BCUT2D eigenvalue weighted by Gasteiger charge is 2.24. The lowest BCUT2D eigenvalue weighted by Crippen LogP contribution is -2.48. The predicted molar refractivity (Wildman–Crippen MR) is 138 cm³/mol. The Hall–Kier alpha value is -3.16.